The lowest BCUT2D eigenvalue weighted by Gasteiger charge is -2.43. The number of phenols is 9. The zero-order valence-corrected chi connectivity index (χ0v) is 27.7. The van der Waals surface area contributed by atoms with Gasteiger partial charge in [-0.2, -0.15) is 0 Å². The summed E-state index contributed by atoms with van der Waals surface area (Å²) >= 11 is 0. The molecule has 11 N–H and O–H groups in total. The summed E-state index contributed by atoms with van der Waals surface area (Å²) in [5.41, 5.74) is -9.98. The van der Waals surface area contributed by atoms with Crippen molar-refractivity contribution in [2.75, 3.05) is 6.61 Å². The van der Waals surface area contributed by atoms with Crippen molar-refractivity contribution in [1.29, 1.82) is 0 Å². The van der Waals surface area contributed by atoms with E-state index in [0.29, 0.717) is 24.3 Å². The molecule has 5 atom stereocenters. The van der Waals surface area contributed by atoms with Gasteiger partial charge in [0.05, 0.1) is 33.4 Å². The van der Waals surface area contributed by atoms with Gasteiger partial charge in [-0.25, -0.2) is 28.8 Å². The minimum atomic E-state index is -2.44. The highest BCUT2D eigenvalue weighted by molar-refractivity contribution is 6.09. The Hall–Kier alpha value is -7.92. The second-order valence-corrected chi connectivity index (χ2v) is 12.3. The van der Waals surface area contributed by atoms with E-state index in [1.807, 2.05) is 0 Å². The molecule has 57 heavy (non-hydrogen) atoms. The Labute approximate surface area is 312 Å². The number of carbonyl (C=O) groups is 5. The molecule has 0 saturated carbocycles. The maximum absolute atomic E-state index is 14.1. The summed E-state index contributed by atoms with van der Waals surface area (Å²) in [4.78, 5) is 80.6. The summed E-state index contributed by atoms with van der Waals surface area (Å²) in [5.74, 6) is -21.6. The monoisotopic (exact) mass is 798 g/mol. The summed E-state index contributed by atoms with van der Waals surface area (Å²) in [6, 6.07) is 1.81. The lowest BCUT2D eigenvalue weighted by Crippen LogP contribution is -2.62. The van der Waals surface area contributed by atoms with Gasteiger partial charge in [-0.05, 0) is 18.2 Å². The number of carboxylic acids is 1. The van der Waals surface area contributed by atoms with Gasteiger partial charge in [0.15, 0.2) is 59.1 Å². The van der Waals surface area contributed by atoms with Crippen molar-refractivity contribution >= 4 is 29.8 Å². The van der Waals surface area contributed by atoms with Gasteiger partial charge >= 0.3 is 35.5 Å². The van der Waals surface area contributed by atoms with Crippen LogP contribution in [0.4, 0.5) is 0 Å². The van der Waals surface area contributed by atoms with Crippen molar-refractivity contribution in [3.8, 4) is 74.0 Å². The van der Waals surface area contributed by atoms with Crippen LogP contribution in [0.1, 0.15) is 52.0 Å². The van der Waals surface area contributed by atoms with Gasteiger partial charge in [0, 0.05) is 17.2 Å². The van der Waals surface area contributed by atoms with E-state index in [1.165, 1.54) is 0 Å². The lowest BCUT2D eigenvalue weighted by atomic mass is 9.91. The number of hydrogen-bond acceptors (Lipinski definition) is 22. The third kappa shape index (κ3) is 5.76. The average Bonchev–Trinajstić information content (AvgIpc) is 3.17. The first-order chi connectivity index (χ1) is 26.8. The van der Waals surface area contributed by atoms with Gasteiger partial charge in [0.1, 0.15) is 12.7 Å². The number of aliphatic hydroxyl groups is 1. The molecule has 296 valence electrons. The number of phenolic OH excluding ortho intramolecular Hbond substituents is 9. The number of cyclic esters (lactones) is 1. The summed E-state index contributed by atoms with van der Waals surface area (Å²) in [7, 11) is 0. The third-order valence-corrected chi connectivity index (χ3v) is 9.02. The van der Waals surface area contributed by atoms with Crippen LogP contribution in [0.25, 0.3) is 22.3 Å². The number of fused-ring (bicyclic) bond motifs is 9. The molecular weight excluding hydrogens is 776 g/mol. The molecule has 7 rings (SSSR count). The van der Waals surface area contributed by atoms with E-state index in [1.54, 1.807) is 0 Å². The van der Waals surface area contributed by atoms with Gasteiger partial charge in [0.2, 0.25) is 23.0 Å². The first kappa shape index (κ1) is 37.4. The maximum Gasteiger partial charge on any atom is 0.371 e. The lowest BCUT2D eigenvalue weighted by molar-refractivity contribution is -0.284. The first-order valence-corrected chi connectivity index (χ1v) is 15.7. The van der Waals surface area contributed by atoms with Crippen molar-refractivity contribution in [1.82, 2.24) is 0 Å². The minimum Gasteiger partial charge on any atom is -0.504 e. The number of carbonyl (C=O) groups excluding carboxylic acids is 4. The molecule has 1 saturated heterocycles. The Morgan fingerprint density at radius 3 is 1.40 bits per heavy atom. The fourth-order valence-electron chi connectivity index (χ4n) is 6.40. The Morgan fingerprint density at radius 2 is 0.930 bits per heavy atom. The van der Waals surface area contributed by atoms with E-state index in [4.69, 9.17) is 28.1 Å². The van der Waals surface area contributed by atoms with Crippen LogP contribution < -0.4 is 5.63 Å². The normalized spacial score (nSPS) is 21.6. The summed E-state index contributed by atoms with van der Waals surface area (Å²) in [6.45, 7) is -1.12. The highest BCUT2D eigenvalue weighted by atomic mass is 16.7. The molecule has 23 heteroatoms. The number of aliphatic hydroxyl groups excluding tert-OH is 1. The van der Waals surface area contributed by atoms with Crippen LogP contribution in [-0.4, -0.2) is 123 Å². The SMILES string of the molecule is O=C(O)c1cc2c(c(=O)o1)-c1c(cc(O)c(O)c1O)C(=O)OC[C@H]1OC(O)[C@@H]3OC(=O)c4cc(O)c(O)c(O)c4-c4c(cc(O)c(O)c4O)C(=O)O[C@H]3[C@@H]1OC2=O. The first-order valence-electron chi connectivity index (χ1n) is 15.7. The van der Waals surface area contributed by atoms with Crippen LogP contribution in [-0.2, 0) is 23.7 Å². The predicted molar refractivity (Wildman–Crippen MR) is 173 cm³/mol. The molecule has 0 spiro atoms. The number of rotatable bonds is 1. The standard InChI is InChI=1S/C34H22O23/c35-10-1-6-17(24(43)21(10)40)18-9(4-13(28(44)45)53-33(18)50)32(49)55-25-14(5-52-29(6)46)54-34(51)27-26(25)56-30(47)7-2-11(36)19(38)22(41)15(7)16-8(31(48)57-27)3-12(37)20(39)23(16)42/h1-4,14,25-27,34-43,51H,5H2,(H,44,45)/t14-,25-,26+,27-,34?/m1/s1. The number of esters is 4. The molecule has 23 nitrogen and oxygen atoms in total. The Morgan fingerprint density at radius 1 is 0.526 bits per heavy atom. The fraction of sp³-hybridized carbons (Fsp3) is 0.176. The molecule has 3 aliphatic heterocycles. The van der Waals surface area contributed by atoms with E-state index < -0.39 is 175 Å². The van der Waals surface area contributed by atoms with Crippen molar-refractivity contribution < 1.29 is 108 Å². The zero-order chi connectivity index (χ0) is 41.5. The molecule has 1 unspecified atom stereocenters. The van der Waals surface area contributed by atoms with Crippen LogP contribution in [0.5, 0.6) is 51.7 Å². The number of aromatic hydroxyl groups is 9. The second-order valence-electron chi connectivity index (χ2n) is 12.3. The molecule has 0 radical (unpaired) electrons. The molecule has 0 amide bonds. The van der Waals surface area contributed by atoms with Crippen LogP contribution >= 0.6 is 0 Å². The van der Waals surface area contributed by atoms with Crippen LogP contribution in [0.3, 0.4) is 0 Å². The Bertz CT molecular complexity index is 2550. The van der Waals surface area contributed by atoms with Crippen molar-refractivity contribution in [2.45, 2.75) is 30.7 Å². The molecule has 4 heterocycles. The molecule has 0 aliphatic carbocycles. The number of ether oxygens (including phenoxy) is 5. The Balaban J connectivity index is 1.45. The van der Waals surface area contributed by atoms with Crippen LogP contribution in [0.15, 0.2) is 33.5 Å². The van der Waals surface area contributed by atoms with Crippen molar-refractivity contribution in [3.05, 3.63) is 62.7 Å². The summed E-state index contributed by atoms with van der Waals surface area (Å²) in [5, 5.41) is 115. The fourth-order valence-corrected chi connectivity index (χ4v) is 6.40. The summed E-state index contributed by atoms with van der Waals surface area (Å²) < 4.78 is 31.8. The molecular formula is C34H22O23. The second kappa shape index (κ2) is 13.1. The van der Waals surface area contributed by atoms with E-state index in [-0.39, 0.29) is 0 Å². The molecule has 4 aromatic rings. The minimum absolute atomic E-state index is 0.391. The Kier molecular flexibility index (Phi) is 8.62. The molecule has 3 aliphatic rings. The highest BCUT2D eigenvalue weighted by Gasteiger charge is 2.54. The van der Waals surface area contributed by atoms with Crippen molar-refractivity contribution in [3.63, 3.8) is 0 Å². The van der Waals surface area contributed by atoms with Gasteiger partial charge in [-0.15, -0.1) is 0 Å². The maximum atomic E-state index is 14.1. The van der Waals surface area contributed by atoms with Crippen molar-refractivity contribution in [2.24, 2.45) is 0 Å². The van der Waals surface area contributed by atoms with E-state index >= 15 is 0 Å². The average molecular weight is 799 g/mol. The largest absolute Gasteiger partial charge is 0.504 e. The zero-order valence-electron chi connectivity index (χ0n) is 27.7. The van der Waals surface area contributed by atoms with Gasteiger partial charge in [-0.1, -0.05) is 0 Å². The van der Waals surface area contributed by atoms with Crippen LogP contribution in [0, 0.1) is 0 Å². The number of aromatic carboxylic acids is 1. The number of benzene rings is 3. The third-order valence-electron chi connectivity index (χ3n) is 9.02. The van der Waals surface area contributed by atoms with Crippen LogP contribution in [0.2, 0.25) is 0 Å². The quantitative estimate of drug-likeness (QED) is 0.0696. The van der Waals surface area contributed by atoms with E-state index in [9.17, 15) is 84.9 Å². The number of hydrogen-bond donors (Lipinski definition) is 11. The highest BCUT2D eigenvalue weighted by Crippen LogP contribution is 2.53. The molecule has 3 aromatic carbocycles. The predicted octanol–water partition coefficient (Wildman–Crippen LogP) is 0.200. The molecule has 1 aromatic heterocycles. The van der Waals surface area contributed by atoms with Gasteiger partial charge in [0.25, 0.3) is 0 Å². The smallest absolute Gasteiger partial charge is 0.371 e. The summed E-state index contributed by atoms with van der Waals surface area (Å²) in [6.07, 6.45) is -11.3. The molecule has 0 bridgehead atoms. The van der Waals surface area contributed by atoms with E-state index in [0.717, 1.165) is 0 Å². The number of carboxylic acid groups (broad SMARTS) is 1. The van der Waals surface area contributed by atoms with Gasteiger partial charge < -0.3 is 84.3 Å². The topological polar surface area (TPSA) is 384 Å². The van der Waals surface area contributed by atoms with Gasteiger partial charge in [-0.3, -0.25) is 0 Å². The van der Waals surface area contributed by atoms with E-state index in [2.05, 4.69) is 0 Å². The molecule has 1 fully saturated rings.